The Morgan fingerprint density at radius 1 is 1.25 bits per heavy atom. The molecule has 0 atom stereocenters. The molecule has 0 radical (unpaired) electrons. The predicted molar refractivity (Wildman–Crippen MR) is 92.1 cm³/mol. The second-order valence-corrected chi connectivity index (χ2v) is 8.43. The second-order valence-electron chi connectivity index (χ2n) is 6.54. The van der Waals surface area contributed by atoms with Gasteiger partial charge in [0.15, 0.2) is 5.03 Å². The van der Waals surface area contributed by atoms with Crippen molar-refractivity contribution >= 4 is 15.8 Å². The first-order valence-electron chi connectivity index (χ1n) is 8.05. The zero-order chi connectivity index (χ0) is 17.3. The molecule has 24 heavy (non-hydrogen) atoms. The zero-order valence-electron chi connectivity index (χ0n) is 14.3. The number of aromatic nitrogens is 3. The number of anilines is 1. The summed E-state index contributed by atoms with van der Waals surface area (Å²) < 4.78 is 28.9. The molecule has 0 aromatic carbocycles. The van der Waals surface area contributed by atoms with E-state index in [0.717, 1.165) is 17.9 Å². The molecule has 2 aromatic heterocycles. The van der Waals surface area contributed by atoms with Crippen LogP contribution in [0, 0.1) is 5.92 Å². The van der Waals surface area contributed by atoms with Crippen molar-refractivity contribution in [3.8, 4) is 0 Å². The van der Waals surface area contributed by atoms with Crippen molar-refractivity contribution in [1.29, 1.82) is 0 Å². The molecule has 0 unspecified atom stereocenters. The molecule has 8 heteroatoms. The number of aryl methyl sites for hydroxylation is 1. The summed E-state index contributed by atoms with van der Waals surface area (Å²) in [5.41, 5.74) is 0.926. The van der Waals surface area contributed by atoms with E-state index in [1.807, 2.05) is 12.1 Å². The Labute approximate surface area is 143 Å². The van der Waals surface area contributed by atoms with Gasteiger partial charge >= 0.3 is 0 Å². The van der Waals surface area contributed by atoms with Crippen LogP contribution in [0.5, 0.6) is 0 Å². The highest BCUT2D eigenvalue weighted by atomic mass is 32.2. The largest absolute Gasteiger partial charge is 0.355 e. The number of imidazole rings is 1. The molecule has 1 aliphatic rings. The average Bonchev–Trinajstić information content (AvgIpc) is 2.88. The zero-order valence-corrected chi connectivity index (χ0v) is 15.1. The van der Waals surface area contributed by atoms with Gasteiger partial charge in [0.1, 0.15) is 5.82 Å². The second kappa shape index (κ2) is 6.52. The maximum atomic E-state index is 12.9. The van der Waals surface area contributed by atoms with Crippen LogP contribution in [-0.4, -0.2) is 46.9 Å². The smallest absolute Gasteiger partial charge is 0.262 e. The number of fused-ring (bicyclic) bond motifs is 1. The molecule has 2 aromatic rings. The molecular formula is C16H23N5O2S. The van der Waals surface area contributed by atoms with Gasteiger partial charge in [-0.15, -0.1) is 0 Å². The number of rotatable bonds is 4. The van der Waals surface area contributed by atoms with Crippen LogP contribution < -0.4 is 4.90 Å². The summed E-state index contributed by atoms with van der Waals surface area (Å²) in [5.74, 6) is 1.35. The summed E-state index contributed by atoms with van der Waals surface area (Å²) in [4.78, 5) is 10.7. The van der Waals surface area contributed by atoms with E-state index in [2.05, 4.69) is 28.7 Å². The number of hydrogen-bond donors (Lipinski definition) is 0. The van der Waals surface area contributed by atoms with E-state index in [0.29, 0.717) is 25.6 Å². The van der Waals surface area contributed by atoms with Crippen molar-refractivity contribution in [3.63, 3.8) is 0 Å². The minimum Gasteiger partial charge on any atom is -0.355 e. The summed E-state index contributed by atoms with van der Waals surface area (Å²) in [6, 6.07) is 3.80. The summed E-state index contributed by atoms with van der Waals surface area (Å²) in [6.07, 6.45) is 4.80. The fraction of sp³-hybridized carbons (Fsp3) is 0.500. The maximum absolute atomic E-state index is 12.9. The Kier molecular flexibility index (Phi) is 4.60. The van der Waals surface area contributed by atoms with E-state index in [-0.39, 0.29) is 5.03 Å². The third-order valence-corrected chi connectivity index (χ3v) is 5.73. The Morgan fingerprint density at radius 2 is 2.04 bits per heavy atom. The number of hydrogen-bond acceptors (Lipinski definition) is 5. The van der Waals surface area contributed by atoms with Crippen LogP contribution in [0.15, 0.2) is 35.9 Å². The number of pyridine rings is 1. The summed E-state index contributed by atoms with van der Waals surface area (Å²) in [7, 11) is -1.85. The van der Waals surface area contributed by atoms with Crippen molar-refractivity contribution in [2.24, 2.45) is 13.0 Å². The lowest BCUT2D eigenvalue weighted by atomic mass is 10.2. The highest BCUT2D eigenvalue weighted by molar-refractivity contribution is 7.89. The first kappa shape index (κ1) is 16.9. The van der Waals surface area contributed by atoms with Crippen LogP contribution in [0.4, 0.5) is 5.82 Å². The Hall–Kier alpha value is -1.93. The molecule has 1 aliphatic heterocycles. The molecule has 0 aliphatic carbocycles. The van der Waals surface area contributed by atoms with E-state index in [4.69, 9.17) is 0 Å². The van der Waals surface area contributed by atoms with Gasteiger partial charge in [-0.05, 0) is 12.0 Å². The van der Waals surface area contributed by atoms with Crippen LogP contribution >= 0.6 is 0 Å². The van der Waals surface area contributed by atoms with Crippen LogP contribution in [0.3, 0.4) is 0 Å². The Balaban J connectivity index is 1.94. The summed E-state index contributed by atoms with van der Waals surface area (Å²) >= 11 is 0. The minimum absolute atomic E-state index is 0.0905. The molecule has 0 saturated heterocycles. The third-order valence-electron chi connectivity index (χ3n) is 4.00. The molecule has 7 nitrogen and oxygen atoms in total. The molecule has 0 bridgehead atoms. The molecule has 0 saturated carbocycles. The monoisotopic (exact) mass is 349 g/mol. The van der Waals surface area contributed by atoms with Gasteiger partial charge in [0.05, 0.1) is 6.33 Å². The normalized spacial score (nSPS) is 16.2. The Morgan fingerprint density at radius 3 is 2.71 bits per heavy atom. The van der Waals surface area contributed by atoms with Crippen molar-refractivity contribution in [3.05, 3.63) is 36.4 Å². The van der Waals surface area contributed by atoms with Gasteiger partial charge in [0, 0.05) is 51.2 Å². The fourth-order valence-corrected chi connectivity index (χ4v) is 4.30. The molecule has 0 spiro atoms. The van der Waals surface area contributed by atoms with E-state index >= 15 is 0 Å². The molecule has 0 amide bonds. The van der Waals surface area contributed by atoms with Gasteiger partial charge in [-0.1, -0.05) is 19.9 Å². The van der Waals surface area contributed by atoms with Gasteiger partial charge in [-0.25, -0.2) is 18.4 Å². The quantitative estimate of drug-likeness (QED) is 0.836. The highest BCUT2D eigenvalue weighted by Gasteiger charge is 2.31. The fourth-order valence-electron chi connectivity index (χ4n) is 2.92. The van der Waals surface area contributed by atoms with Crippen LogP contribution in [-0.2, 0) is 23.6 Å². The van der Waals surface area contributed by atoms with E-state index in [1.165, 1.54) is 16.8 Å². The molecule has 0 N–H and O–H groups in total. The lowest BCUT2D eigenvalue weighted by Crippen LogP contribution is -2.36. The average molecular weight is 349 g/mol. The van der Waals surface area contributed by atoms with Gasteiger partial charge in [-0.3, -0.25) is 0 Å². The lowest BCUT2D eigenvalue weighted by Gasteiger charge is -2.25. The van der Waals surface area contributed by atoms with Crippen molar-refractivity contribution < 1.29 is 8.42 Å². The summed E-state index contributed by atoms with van der Waals surface area (Å²) in [6.45, 7) is 6.50. The summed E-state index contributed by atoms with van der Waals surface area (Å²) in [5, 5.41) is 0.0905. The predicted octanol–water partition coefficient (Wildman–Crippen LogP) is 1.48. The first-order valence-corrected chi connectivity index (χ1v) is 9.49. The highest BCUT2D eigenvalue weighted by Crippen LogP contribution is 2.26. The van der Waals surface area contributed by atoms with E-state index < -0.39 is 10.0 Å². The third kappa shape index (κ3) is 3.29. The van der Waals surface area contributed by atoms with Crippen LogP contribution in [0.25, 0.3) is 0 Å². The minimum atomic E-state index is -3.61. The van der Waals surface area contributed by atoms with Gasteiger partial charge < -0.3 is 9.47 Å². The van der Waals surface area contributed by atoms with Crippen LogP contribution in [0.1, 0.15) is 19.4 Å². The van der Waals surface area contributed by atoms with Crippen LogP contribution in [0.2, 0.25) is 0 Å². The van der Waals surface area contributed by atoms with Crippen molar-refractivity contribution in [2.45, 2.75) is 25.4 Å². The molecule has 3 heterocycles. The van der Waals surface area contributed by atoms with E-state index in [1.54, 1.807) is 17.8 Å². The van der Waals surface area contributed by atoms with E-state index in [9.17, 15) is 8.42 Å². The van der Waals surface area contributed by atoms with Gasteiger partial charge in [-0.2, -0.15) is 4.31 Å². The maximum Gasteiger partial charge on any atom is 0.262 e. The molecule has 130 valence electrons. The Bertz CT molecular complexity index is 815. The van der Waals surface area contributed by atoms with Crippen molar-refractivity contribution in [1.82, 2.24) is 18.8 Å². The lowest BCUT2D eigenvalue weighted by molar-refractivity contribution is 0.415. The van der Waals surface area contributed by atoms with Gasteiger partial charge in [0.2, 0.25) is 0 Å². The van der Waals surface area contributed by atoms with Gasteiger partial charge in [0.25, 0.3) is 10.0 Å². The number of nitrogens with zero attached hydrogens (tertiary/aromatic N) is 5. The molecule has 0 fully saturated rings. The molecule has 3 rings (SSSR count). The standard InChI is InChI=1S/C16H23N5O2S/c1-13(2)9-20-7-8-21(10-14-5-4-6-17-16(14)20)24(22,23)15-11-19(3)12-18-15/h4-6,11-13H,7-10H2,1-3H3. The molecular weight excluding hydrogens is 326 g/mol. The number of sulfonamides is 1. The SMILES string of the molecule is CC(C)CN1CCN(S(=O)(=O)c2cn(C)cn2)Cc2cccnc21. The first-order chi connectivity index (χ1) is 11.4. The topological polar surface area (TPSA) is 71.3 Å². The van der Waals surface area contributed by atoms with Crippen molar-refractivity contribution in [2.75, 3.05) is 24.5 Å².